The van der Waals surface area contributed by atoms with Crippen LogP contribution < -0.4 is 37.6 Å². The molecule has 0 bridgehead atoms. The first-order valence-electron chi connectivity index (χ1n) is 31.8. The molecule has 1 heterocycles. The minimum atomic E-state index is -1.58. The molecule has 2 unspecified atom stereocenters. The molecule has 23 nitrogen and oxygen atoms in total. The molecule has 1 aliphatic heterocycles. The summed E-state index contributed by atoms with van der Waals surface area (Å²) in [6.45, 7) is 17.8. The van der Waals surface area contributed by atoms with Crippen molar-refractivity contribution < 1.29 is 72.5 Å². The van der Waals surface area contributed by atoms with Gasteiger partial charge in [0.25, 0.3) is 0 Å². The Morgan fingerprint density at radius 1 is 0.705 bits per heavy atom. The molecule has 0 radical (unpaired) electrons. The Labute approximate surface area is 520 Å². The van der Waals surface area contributed by atoms with E-state index in [-0.39, 0.29) is 30.6 Å². The quantitative estimate of drug-likeness (QED) is 0.0436. The monoisotopic (exact) mass is 1240 g/mol. The maximum Gasteiger partial charge on any atom is 0.329 e. The third-order valence-corrected chi connectivity index (χ3v) is 18.4. The van der Waals surface area contributed by atoms with Crippen molar-refractivity contribution in [3.8, 4) is 0 Å². The number of ether oxygens (including phenoxy) is 1. The number of aliphatic hydroxyl groups excluding tert-OH is 2. The minimum Gasteiger partial charge on any atom is -0.458 e. The predicted molar refractivity (Wildman–Crippen MR) is 330 cm³/mol. The molecule has 2 aliphatic rings. The van der Waals surface area contributed by atoms with Crippen LogP contribution in [0.2, 0.25) is 0 Å². The van der Waals surface area contributed by atoms with Gasteiger partial charge in [-0.1, -0.05) is 125 Å². The number of Topliss-reactive ketones (excluding diaryl/α,β-unsaturated/α-hetero) is 4. The van der Waals surface area contributed by atoms with E-state index < -0.39 is 193 Å². The molecule has 3 rings (SSSR count). The van der Waals surface area contributed by atoms with Gasteiger partial charge in [0.1, 0.15) is 23.7 Å². The number of amides is 7. The SMILES string of the molecule is CC[C@H](Cc1ccccc1)C(=O)N[C@H](C(=O)C[C@@H](CO)C(=O)N[C@H](CCC(N)=O)C(=O)C[C@@H](C(=O)N[C@H](C(=O)C[C@@H](CO)C(=O)N[C@H]1C(=O)C[C@@H](C)C(=O)NC2(CC2CCN(C)C)C(=O)N[C@@H]([C@@H](C)CC)C(=O)O[C@H]1C)[C@@H](C)CC)[C@@H](C)CC)[C@@H](C)CC. The number of carbonyl (C=O) groups excluding carboxylic acids is 12. The van der Waals surface area contributed by atoms with E-state index in [2.05, 4.69) is 31.9 Å². The second kappa shape index (κ2) is 36.3. The highest BCUT2D eigenvalue weighted by atomic mass is 16.5. The van der Waals surface area contributed by atoms with Gasteiger partial charge in [0, 0.05) is 49.9 Å². The van der Waals surface area contributed by atoms with Crippen molar-refractivity contribution in [3.05, 3.63) is 35.9 Å². The van der Waals surface area contributed by atoms with Gasteiger partial charge >= 0.3 is 5.97 Å². The molecule has 1 aromatic carbocycles. The van der Waals surface area contributed by atoms with Gasteiger partial charge in [-0.15, -0.1) is 0 Å². The largest absolute Gasteiger partial charge is 0.458 e. The lowest BCUT2D eigenvalue weighted by Crippen LogP contribution is -2.57. The van der Waals surface area contributed by atoms with Gasteiger partial charge in [0.15, 0.2) is 23.1 Å². The zero-order chi connectivity index (χ0) is 66.3. The molecule has 88 heavy (non-hydrogen) atoms. The maximum absolute atomic E-state index is 14.5. The fraction of sp³-hybridized carbons (Fsp3) is 0.723. The fourth-order valence-corrected chi connectivity index (χ4v) is 11.1. The number of nitrogens with two attached hydrogens (primary N) is 1. The van der Waals surface area contributed by atoms with Crippen LogP contribution in [0.15, 0.2) is 30.3 Å². The molecule has 1 saturated carbocycles. The molecule has 23 heteroatoms. The summed E-state index contributed by atoms with van der Waals surface area (Å²) in [7, 11) is 3.77. The lowest BCUT2D eigenvalue weighted by atomic mass is 9.83. The number of esters is 1. The molecule has 494 valence electrons. The summed E-state index contributed by atoms with van der Waals surface area (Å²) < 4.78 is 5.85. The van der Waals surface area contributed by atoms with Crippen LogP contribution in [0.1, 0.15) is 165 Å². The molecule has 1 aliphatic carbocycles. The first-order valence-corrected chi connectivity index (χ1v) is 31.8. The molecule has 1 spiro atoms. The van der Waals surface area contributed by atoms with Crippen LogP contribution in [-0.4, -0.2) is 161 Å². The summed E-state index contributed by atoms with van der Waals surface area (Å²) in [6, 6.07) is 2.99. The highest BCUT2D eigenvalue weighted by molar-refractivity contribution is 6.01. The fourth-order valence-electron chi connectivity index (χ4n) is 11.1. The van der Waals surface area contributed by atoms with Crippen molar-refractivity contribution >= 4 is 70.5 Å². The Hall–Kier alpha value is -6.46. The minimum absolute atomic E-state index is 0.246. The van der Waals surface area contributed by atoms with E-state index in [1.807, 2.05) is 70.1 Å². The number of rotatable bonds is 36. The van der Waals surface area contributed by atoms with Crippen molar-refractivity contribution in [3.63, 3.8) is 0 Å². The summed E-state index contributed by atoms with van der Waals surface area (Å²) in [5, 5.41) is 37.8. The van der Waals surface area contributed by atoms with Gasteiger partial charge in [-0.2, -0.15) is 0 Å². The molecule has 1 aromatic rings. The second-order valence-electron chi connectivity index (χ2n) is 25.4. The average molecular weight is 1240 g/mol. The third-order valence-electron chi connectivity index (χ3n) is 18.4. The number of cyclic esters (lactones) is 1. The van der Waals surface area contributed by atoms with Crippen LogP contribution in [0.3, 0.4) is 0 Å². The first kappa shape index (κ1) is 75.8. The Balaban J connectivity index is 1.85. The molecule has 7 amide bonds. The number of hydrogen-bond donors (Lipinski definition) is 9. The highest BCUT2D eigenvalue weighted by Crippen LogP contribution is 2.47. The van der Waals surface area contributed by atoms with Crippen molar-refractivity contribution in [1.29, 1.82) is 0 Å². The molecule has 0 aromatic heterocycles. The normalized spacial score (nSPS) is 23.6. The predicted octanol–water partition coefficient (Wildman–Crippen LogP) is 3.21. The molecule has 2 fully saturated rings. The number of ketones is 4. The number of carbonyl (C=O) groups is 12. The summed E-state index contributed by atoms with van der Waals surface area (Å²) in [4.78, 5) is 169. The summed E-state index contributed by atoms with van der Waals surface area (Å²) in [6.07, 6.45) is -0.637. The van der Waals surface area contributed by atoms with Crippen LogP contribution >= 0.6 is 0 Å². The van der Waals surface area contributed by atoms with Crippen LogP contribution in [0.25, 0.3) is 0 Å². The van der Waals surface area contributed by atoms with Crippen LogP contribution in [0.5, 0.6) is 0 Å². The summed E-state index contributed by atoms with van der Waals surface area (Å²) in [5.41, 5.74) is 5.13. The van der Waals surface area contributed by atoms with Crippen LogP contribution in [-0.2, 0) is 68.7 Å². The van der Waals surface area contributed by atoms with Gasteiger partial charge in [-0.05, 0) is 94.8 Å². The Kier molecular flexibility index (Phi) is 31.2. The number of nitrogens with zero attached hydrogens (tertiary/aromatic N) is 1. The maximum atomic E-state index is 14.5. The highest BCUT2D eigenvalue weighted by Gasteiger charge is 2.61. The molecule has 10 N–H and O–H groups in total. The van der Waals surface area contributed by atoms with E-state index in [0.717, 1.165) is 5.56 Å². The van der Waals surface area contributed by atoms with Gasteiger partial charge in [0.05, 0.1) is 43.2 Å². The summed E-state index contributed by atoms with van der Waals surface area (Å²) in [5.74, 6) is -15.9. The number of primary amides is 1. The number of nitrogens with one attached hydrogen (secondary N) is 6. The molecule has 17 atom stereocenters. The summed E-state index contributed by atoms with van der Waals surface area (Å²) >= 11 is 0. The van der Waals surface area contributed by atoms with Gasteiger partial charge < -0.3 is 57.5 Å². The first-order chi connectivity index (χ1) is 41.5. The van der Waals surface area contributed by atoms with Crippen molar-refractivity contribution in [2.75, 3.05) is 33.9 Å². The molecular formula is C65H104N8O15. The van der Waals surface area contributed by atoms with E-state index in [9.17, 15) is 67.7 Å². The average Bonchev–Trinajstić information content (AvgIpc) is 1.66. The van der Waals surface area contributed by atoms with Crippen LogP contribution in [0, 0.1) is 59.2 Å². The van der Waals surface area contributed by atoms with E-state index in [0.29, 0.717) is 57.9 Å². The zero-order valence-electron chi connectivity index (χ0n) is 54.4. The molecule has 1 saturated heterocycles. The van der Waals surface area contributed by atoms with E-state index in [1.165, 1.54) is 13.8 Å². The van der Waals surface area contributed by atoms with E-state index in [1.54, 1.807) is 41.5 Å². The van der Waals surface area contributed by atoms with Gasteiger partial charge in [-0.25, -0.2) is 4.79 Å². The molecular weight excluding hydrogens is 1130 g/mol. The Bertz CT molecular complexity index is 2570. The van der Waals surface area contributed by atoms with E-state index in [4.69, 9.17) is 10.5 Å². The lowest BCUT2D eigenvalue weighted by Gasteiger charge is -2.30. The number of aliphatic hydroxyl groups is 2. The zero-order valence-corrected chi connectivity index (χ0v) is 54.4. The van der Waals surface area contributed by atoms with Crippen molar-refractivity contribution in [1.82, 2.24) is 36.8 Å². The number of hydrogen-bond acceptors (Lipinski definition) is 16. The Morgan fingerprint density at radius 2 is 1.25 bits per heavy atom. The lowest BCUT2D eigenvalue weighted by molar-refractivity contribution is -0.157. The van der Waals surface area contributed by atoms with Gasteiger partial charge in [0.2, 0.25) is 41.4 Å². The third kappa shape index (κ3) is 21.9. The van der Waals surface area contributed by atoms with Crippen molar-refractivity contribution in [2.45, 2.75) is 208 Å². The Morgan fingerprint density at radius 3 is 1.76 bits per heavy atom. The van der Waals surface area contributed by atoms with E-state index >= 15 is 0 Å². The number of benzene rings is 1. The smallest absolute Gasteiger partial charge is 0.329 e. The van der Waals surface area contributed by atoms with Crippen molar-refractivity contribution in [2.24, 2.45) is 64.9 Å². The standard InChI is InChI=1S/C65H104N8O15/c1-14-36(6)47(32-49(76)48(24-25-53(66)80)67-60(83)44(34-74)30-51(78)54(37(7)15-2)68-59(82)43(18-5)29-42-22-20-19-21-23-42)62(85)69-55(38(8)16-3)52(79)31-45(35-75)61(84)70-57-41(11)88-63(86)56(39(9)17-4)71-64(87)65(33-46(65)26-27-73(12)13)72-58(81)40(10)28-50(57)77/h19-23,36-41,43-48,54-57,74-75H,14-18,24-35H2,1-13H3,(H2,66,80)(H,67,83)(H,68,82)(H,69,85)(H,70,84)(H,71,87)(H,72,81)/t36-,37-,38-,39-,40+,41-,43+,44-,45-,46?,47+,48+,54-,55-,56-,57+,65?/m0/s1. The van der Waals surface area contributed by atoms with Crippen LogP contribution in [0.4, 0.5) is 0 Å². The van der Waals surface area contributed by atoms with Gasteiger partial charge in [-0.3, -0.25) is 52.7 Å². The topological polar surface area (TPSA) is 356 Å². The second-order valence-corrected chi connectivity index (χ2v) is 25.4.